The lowest BCUT2D eigenvalue weighted by atomic mass is 9.85. The average molecular weight is 611 g/mol. The van der Waals surface area contributed by atoms with Crippen molar-refractivity contribution in [2.75, 3.05) is 17.3 Å². The van der Waals surface area contributed by atoms with Crippen molar-refractivity contribution in [2.24, 2.45) is 5.92 Å². The molecule has 5 aromatic heterocycles. The number of aromatic amines is 2. The first-order valence-corrected chi connectivity index (χ1v) is 16.2. The van der Waals surface area contributed by atoms with Crippen LogP contribution in [0.15, 0.2) is 61.3 Å². The molecule has 1 aromatic carbocycles. The number of nitrogens with one attached hydrogen (secondary N) is 3. The lowest BCUT2D eigenvalue weighted by Gasteiger charge is -2.24. The van der Waals surface area contributed by atoms with Crippen molar-refractivity contribution in [3.8, 4) is 33.8 Å². The summed E-state index contributed by atoms with van der Waals surface area (Å²) < 4.78 is 37.9. The second-order valence-electron chi connectivity index (χ2n) is 11.2. The minimum absolute atomic E-state index is 0.0167. The SMILES string of the molecule is CS(=O)(=O)CCc1cc(F)cc(-c2cncc3[nH]c(-c4[nH]nc5ncc(-c6cncc(NC(=O)C7CCC7)c6)cc45)nc23)c1. The number of aromatic nitrogens is 7. The van der Waals surface area contributed by atoms with Gasteiger partial charge in [-0.2, -0.15) is 5.10 Å². The minimum Gasteiger partial charge on any atom is -0.335 e. The summed E-state index contributed by atoms with van der Waals surface area (Å²) in [6.07, 6.45) is 12.5. The number of aryl methyl sites for hydroxylation is 1. The molecule has 0 bridgehead atoms. The number of hydrogen-bond donors (Lipinski definition) is 3. The van der Waals surface area contributed by atoms with E-state index in [1.54, 1.807) is 37.1 Å². The number of amides is 1. The number of carbonyl (C=O) groups is 1. The largest absolute Gasteiger partial charge is 0.335 e. The van der Waals surface area contributed by atoms with Gasteiger partial charge in [0.25, 0.3) is 0 Å². The van der Waals surface area contributed by atoms with Crippen molar-refractivity contribution >= 4 is 43.5 Å². The van der Waals surface area contributed by atoms with E-state index in [4.69, 9.17) is 4.98 Å². The molecule has 1 aliphatic carbocycles. The summed E-state index contributed by atoms with van der Waals surface area (Å²) in [5.41, 5.74) is 6.20. The molecular formula is C31H27FN8O3S. The first-order chi connectivity index (χ1) is 21.2. The number of fused-ring (bicyclic) bond motifs is 2. The molecule has 0 atom stereocenters. The maximum atomic E-state index is 14.6. The third-order valence-electron chi connectivity index (χ3n) is 7.89. The summed E-state index contributed by atoms with van der Waals surface area (Å²) in [6.45, 7) is 0. The van der Waals surface area contributed by atoms with Gasteiger partial charge in [-0.25, -0.2) is 22.8 Å². The molecule has 7 rings (SSSR count). The Kier molecular flexibility index (Phi) is 6.88. The topological polar surface area (TPSA) is 159 Å². The normalized spacial score (nSPS) is 13.8. The van der Waals surface area contributed by atoms with Crippen LogP contribution in [0.3, 0.4) is 0 Å². The zero-order chi connectivity index (χ0) is 30.4. The fourth-order valence-corrected chi connectivity index (χ4v) is 5.94. The van der Waals surface area contributed by atoms with Gasteiger partial charge in [0, 0.05) is 47.5 Å². The number of imidazole rings is 1. The van der Waals surface area contributed by atoms with Crippen LogP contribution in [0.4, 0.5) is 10.1 Å². The molecule has 0 spiro atoms. The van der Waals surface area contributed by atoms with Crippen molar-refractivity contribution in [3.05, 3.63) is 72.7 Å². The standard InChI is InChI=1S/C31H27FN8O3S/c1-44(42,43)6-5-17-7-19(9-22(32)8-17)25-15-34-16-26-27(25)38-30(37-26)28-24-11-21(13-35-29(24)40-39-28)20-10-23(14-33-12-20)36-31(41)18-3-2-4-18/h7-16,18H,2-6H2,1H3,(H,36,41)(H,37,38)(H,35,39,40). The molecule has 0 aliphatic heterocycles. The molecule has 0 saturated heterocycles. The highest BCUT2D eigenvalue weighted by molar-refractivity contribution is 7.90. The van der Waals surface area contributed by atoms with E-state index >= 15 is 0 Å². The predicted octanol–water partition coefficient (Wildman–Crippen LogP) is 5.09. The highest BCUT2D eigenvalue weighted by atomic mass is 32.2. The highest BCUT2D eigenvalue weighted by Crippen LogP contribution is 2.33. The van der Waals surface area contributed by atoms with Gasteiger partial charge in [0.2, 0.25) is 5.91 Å². The van der Waals surface area contributed by atoms with Gasteiger partial charge in [-0.3, -0.25) is 19.9 Å². The molecule has 1 fully saturated rings. The molecule has 0 unspecified atom stereocenters. The molecule has 1 amide bonds. The molecule has 5 heterocycles. The molecule has 44 heavy (non-hydrogen) atoms. The molecule has 13 heteroatoms. The lowest BCUT2D eigenvalue weighted by molar-refractivity contribution is -0.122. The molecule has 6 aromatic rings. The van der Waals surface area contributed by atoms with E-state index in [0.29, 0.717) is 56.0 Å². The number of pyridine rings is 3. The Morgan fingerprint density at radius 2 is 1.82 bits per heavy atom. The zero-order valence-electron chi connectivity index (χ0n) is 23.6. The number of anilines is 1. The fourth-order valence-electron chi connectivity index (χ4n) is 5.34. The molecule has 222 valence electrons. The van der Waals surface area contributed by atoms with Crippen molar-refractivity contribution in [3.63, 3.8) is 0 Å². The minimum atomic E-state index is -3.20. The number of nitrogens with zero attached hydrogens (tertiary/aromatic N) is 5. The smallest absolute Gasteiger partial charge is 0.227 e. The Bertz CT molecular complexity index is 2170. The van der Waals surface area contributed by atoms with E-state index in [0.717, 1.165) is 36.6 Å². The fraction of sp³-hybridized carbons (Fsp3) is 0.226. The molecule has 1 saturated carbocycles. The van der Waals surface area contributed by atoms with Crippen LogP contribution < -0.4 is 5.32 Å². The van der Waals surface area contributed by atoms with Gasteiger partial charge in [0.1, 0.15) is 21.3 Å². The van der Waals surface area contributed by atoms with Crippen molar-refractivity contribution in [2.45, 2.75) is 25.7 Å². The van der Waals surface area contributed by atoms with Gasteiger partial charge in [0.15, 0.2) is 11.5 Å². The second kappa shape index (κ2) is 10.9. The van der Waals surface area contributed by atoms with Gasteiger partial charge < -0.3 is 10.3 Å². The Morgan fingerprint density at radius 1 is 1.00 bits per heavy atom. The van der Waals surface area contributed by atoms with Crippen LogP contribution in [0.1, 0.15) is 24.8 Å². The van der Waals surface area contributed by atoms with Crippen molar-refractivity contribution < 1.29 is 17.6 Å². The summed E-state index contributed by atoms with van der Waals surface area (Å²) in [5, 5.41) is 11.1. The Balaban J connectivity index is 1.23. The van der Waals surface area contributed by atoms with Gasteiger partial charge in [-0.05, 0) is 54.7 Å². The van der Waals surface area contributed by atoms with Gasteiger partial charge >= 0.3 is 0 Å². The predicted molar refractivity (Wildman–Crippen MR) is 165 cm³/mol. The van der Waals surface area contributed by atoms with Crippen molar-refractivity contribution in [1.82, 2.24) is 35.1 Å². The number of H-pyrrole nitrogens is 2. The van der Waals surface area contributed by atoms with Crippen LogP contribution in [0.2, 0.25) is 0 Å². The lowest BCUT2D eigenvalue weighted by Crippen LogP contribution is -2.28. The van der Waals surface area contributed by atoms with Gasteiger partial charge in [0.05, 0.1) is 40.3 Å². The monoisotopic (exact) mass is 610 g/mol. The molecule has 0 radical (unpaired) electrons. The summed E-state index contributed by atoms with van der Waals surface area (Å²) >= 11 is 0. The van der Waals surface area contributed by atoms with Gasteiger partial charge in [-0.15, -0.1) is 0 Å². The Hall–Kier alpha value is -5.04. The first kappa shape index (κ1) is 27.8. The molecular weight excluding hydrogens is 583 g/mol. The number of carbonyl (C=O) groups excluding carboxylic acids is 1. The highest BCUT2D eigenvalue weighted by Gasteiger charge is 2.25. The maximum Gasteiger partial charge on any atom is 0.227 e. The van der Waals surface area contributed by atoms with Crippen LogP contribution in [0.25, 0.3) is 55.8 Å². The van der Waals surface area contributed by atoms with Crippen LogP contribution in [0.5, 0.6) is 0 Å². The van der Waals surface area contributed by atoms with Crippen molar-refractivity contribution in [1.29, 1.82) is 0 Å². The van der Waals surface area contributed by atoms with E-state index < -0.39 is 15.7 Å². The third-order valence-corrected chi connectivity index (χ3v) is 8.83. The number of benzene rings is 1. The van der Waals surface area contributed by atoms with E-state index in [1.807, 2.05) is 12.1 Å². The maximum absolute atomic E-state index is 14.6. The number of rotatable bonds is 8. The first-order valence-electron chi connectivity index (χ1n) is 14.1. The van der Waals surface area contributed by atoms with Crippen LogP contribution in [-0.2, 0) is 21.1 Å². The summed E-state index contributed by atoms with van der Waals surface area (Å²) in [6, 6.07) is 8.29. The van der Waals surface area contributed by atoms with Crippen LogP contribution >= 0.6 is 0 Å². The summed E-state index contributed by atoms with van der Waals surface area (Å²) in [7, 11) is -3.20. The number of hydrogen-bond acceptors (Lipinski definition) is 8. The van der Waals surface area contributed by atoms with Crippen LogP contribution in [0, 0.1) is 11.7 Å². The zero-order valence-corrected chi connectivity index (χ0v) is 24.4. The summed E-state index contributed by atoms with van der Waals surface area (Å²) in [4.78, 5) is 33.7. The van der Waals surface area contributed by atoms with Crippen LogP contribution in [-0.4, -0.2) is 61.5 Å². The summed E-state index contributed by atoms with van der Waals surface area (Å²) in [5.74, 6) is 0.0150. The van der Waals surface area contributed by atoms with E-state index in [-0.39, 0.29) is 24.0 Å². The molecule has 11 nitrogen and oxygen atoms in total. The molecule has 3 N–H and O–H groups in total. The third kappa shape index (κ3) is 5.53. The molecule has 1 aliphatic rings. The number of sulfone groups is 1. The Morgan fingerprint density at radius 3 is 2.61 bits per heavy atom. The van der Waals surface area contributed by atoms with E-state index in [9.17, 15) is 17.6 Å². The quantitative estimate of drug-likeness (QED) is 0.215. The van der Waals surface area contributed by atoms with E-state index in [1.165, 1.54) is 12.1 Å². The van der Waals surface area contributed by atoms with Gasteiger partial charge in [-0.1, -0.05) is 12.5 Å². The van der Waals surface area contributed by atoms with E-state index in [2.05, 4.69) is 35.5 Å². The average Bonchev–Trinajstić information content (AvgIpc) is 3.58. The Labute approximate surface area is 251 Å². The number of halogens is 1. The second-order valence-corrected chi connectivity index (χ2v) is 13.4.